The summed E-state index contributed by atoms with van der Waals surface area (Å²) in [5.74, 6) is 0.779. The van der Waals surface area contributed by atoms with Crippen LogP contribution in [0.1, 0.15) is 25.0 Å². The Morgan fingerprint density at radius 1 is 1.04 bits per heavy atom. The molecule has 0 saturated carbocycles. The molecule has 2 rings (SSSR count). The normalized spacial score (nSPS) is 10.5. The molecule has 0 heterocycles. The standard InChI is InChI=1S/C22H25NO2/c1-18(2)15-17-25-21-11-8-20(9-12-21)14-16-23-22(24)13-10-19-6-4-3-5-7-19/h3-13,15H,14,16-17H2,1-2H3,(H,23,24)/b13-10-. The number of nitrogens with one attached hydrogen (secondary N) is 1. The van der Waals surface area contributed by atoms with Crippen LogP contribution in [-0.4, -0.2) is 19.1 Å². The quantitative estimate of drug-likeness (QED) is 0.573. The summed E-state index contributed by atoms with van der Waals surface area (Å²) in [5.41, 5.74) is 3.43. The van der Waals surface area contributed by atoms with Crippen LogP contribution in [0.15, 0.2) is 72.3 Å². The van der Waals surface area contributed by atoms with E-state index in [1.165, 1.54) is 11.1 Å². The molecule has 0 aliphatic carbocycles. The van der Waals surface area contributed by atoms with Gasteiger partial charge in [0.25, 0.3) is 0 Å². The van der Waals surface area contributed by atoms with Gasteiger partial charge in [0.2, 0.25) is 5.91 Å². The summed E-state index contributed by atoms with van der Waals surface area (Å²) in [6, 6.07) is 17.8. The fraction of sp³-hybridized carbons (Fsp3) is 0.227. The van der Waals surface area contributed by atoms with Crippen molar-refractivity contribution in [3.63, 3.8) is 0 Å². The van der Waals surface area contributed by atoms with Crippen LogP contribution in [0.4, 0.5) is 0 Å². The molecule has 0 fully saturated rings. The molecular formula is C22H25NO2. The van der Waals surface area contributed by atoms with Gasteiger partial charge >= 0.3 is 0 Å². The first-order chi connectivity index (χ1) is 12.1. The minimum Gasteiger partial charge on any atom is -0.490 e. The summed E-state index contributed by atoms with van der Waals surface area (Å²) in [5, 5.41) is 2.90. The first kappa shape index (κ1) is 18.5. The summed E-state index contributed by atoms with van der Waals surface area (Å²) < 4.78 is 5.63. The van der Waals surface area contributed by atoms with Crippen LogP contribution in [0.2, 0.25) is 0 Å². The topological polar surface area (TPSA) is 38.3 Å². The first-order valence-electron chi connectivity index (χ1n) is 8.49. The van der Waals surface area contributed by atoms with Gasteiger partial charge in [0.05, 0.1) is 0 Å². The highest BCUT2D eigenvalue weighted by atomic mass is 16.5. The number of allylic oxidation sites excluding steroid dienone is 1. The lowest BCUT2D eigenvalue weighted by atomic mass is 10.1. The van der Waals surface area contributed by atoms with Gasteiger partial charge in [-0.05, 0) is 55.7 Å². The zero-order valence-electron chi connectivity index (χ0n) is 14.9. The van der Waals surface area contributed by atoms with Crippen LogP contribution >= 0.6 is 0 Å². The monoisotopic (exact) mass is 335 g/mol. The van der Waals surface area contributed by atoms with E-state index >= 15 is 0 Å². The van der Waals surface area contributed by atoms with E-state index in [0.717, 1.165) is 17.7 Å². The highest BCUT2D eigenvalue weighted by Gasteiger charge is 1.98. The van der Waals surface area contributed by atoms with Gasteiger partial charge in [0.15, 0.2) is 0 Å². The molecule has 1 N–H and O–H groups in total. The molecule has 1 amide bonds. The molecule has 0 aliphatic heterocycles. The molecule has 130 valence electrons. The van der Waals surface area contributed by atoms with E-state index in [1.54, 1.807) is 6.08 Å². The molecule has 3 nitrogen and oxygen atoms in total. The van der Waals surface area contributed by atoms with Gasteiger partial charge in [-0.1, -0.05) is 48.0 Å². The molecule has 0 unspecified atom stereocenters. The van der Waals surface area contributed by atoms with Crippen LogP contribution in [0.25, 0.3) is 6.08 Å². The minimum absolute atomic E-state index is 0.0782. The summed E-state index contributed by atoms with van der Waals surface area (Å²) in [7, 11) is 0. The van der Waals surface area contributed by atoms with Gasteiger partial charge in [-0.25, -0.2) is 0 Å². The Bertz CT molecular complexity index is 711. The van der Waals surface area contributed by atoms with E-state index in [1.807, 2.05) is 66.7 Å². The summed E-state index contributed by atoms with van der Waals surface area (Å²) in [4.78, 5) is 11.8. The minimum atomic E-state index is -0.0782. The largest absolute Gasteiger partial charge is 0.490 e. The lowest BCUT2D eigenvalue weighted by Crippen LogP contribution is -2.23. The van der Waals surface area contributed by atoms with Gasteiger partial charge in [0.1, 0.15) is 12.4 Å². The molecule has 0 aromatic heterocycles. The second-order valence-electron chi connectivity index (χ2n) is 6.02. The van der Waals surface area contributed by atoms with Crippen molar-refractivity contribution in [2.24, 2.45) is 0 Å². The molecule has 3 heteroatoms. The predicted molar refractivity (Wildman–Crippen MR) is 104 cm³/mol. The van der Waals surface area contributed by atoms with Gasteiger partial charge in [-0.15, -0.1) is 0 Å². The van der Waals surface area contributed by atoms with Crippen molar-refractivity contribution >= 4 is 12.0 Å². The van der Waals surface area contributed by atoms with E-state index in [-0.39, 0.29) is 5.91 Å². The number of rotatable bonds is 8. The van der Waals surface area contributed by atoms with Crippen LogP contribution in [0.5, 0.6) is 5.75 Å². The fourth-order valence-corrected chi connectivity index (χ4v) is 2.18. The number of carbonyl (C=O) groups excluding carboxylic acids is 1. The number of hydrogen-bond acceptors (Lipinski definition) is 2. The average molecular weight is 335 g/mol. The van der Waals surface area contributed by atoms with E-state index in [0.29, 0.717) is 13.2 Å². The first-order valence-corrected chi connectivity index (χ1v) is 8.49. The Kier molecular flexibility index (Phi) is 7.51. The van der Waals surface area contributed by atoms with Crippen molar-refractivity contribution < 1.29 is 9.53 Å². The van der Waals surface area contributed by atoms with Crippen molar-refractivity contribution in [1.29, 1.82) is 0 Å². The third-order valence-electron chi connectivity index (χ3n) is 3.60. The van der Waals surface area contributed by atoms with Crippen molar-refractivity contribution in [3.8, 4) is 5.75 Å². The van der Waals surface area contributed by atoms with Gasteiger partial charge < -0.3 is 10.1 Å². The molecule has 0 spiro atoms. The van der Waals surface area contributed by atoms with Crippen LogP contribution in [0.3, 0.4) is 0 Å². The number of ether oxygens (including phenoxy) is 1. The Morgan fingerprint density at radius 3 is 2.44 bits per heavy atom. The van der Waals surface area contributed by atoms with E-state index in [2.05, 4.69) is 19.2 Å². The third kappa shape index (κ3) is 7.53. The zero-order chi connectivity index (χ0) is 17.9. The highest BCUT2D eigenvalue weighted by Crippen LogP contribution is 2.12. The van der Waals surface area contributed by atoms with Crippen molar-refractivity contribution in [1.82, 2.24) is 5.32 Å². The Morgan fingerprint density at radius 2 is 1.76 bits per heavy atom. The predicted octanol–water partition coefficient (Wildman–Crippen LogP) is 4.40. The number of hydrogen-bond donors (Lipinski definition) is 1. The molecule has 0 atom stereocenters. The van der Waals surface area contributed by atoms with Gasteiger partial charge in [-0.3, -0.25) is 4.79 Å². The smallest absolute Gasteiger partial charge is 0.244 e. The fourth-order valence-electron chi connectivity index (χ4n) is 2.18. The molecule has 0 bridgehead atoms. The van der Waals surface area contributed by atoms with E-state index in [9.17, 15) is 4.79 Å². The summed E-state index contributed by atoms with van der Waals surface area (Å²) >= 11 is 0. The number of amides is 1. The molecule has 2 aromatic carbocycles. The second kappa shape index (κ2) is 10.1. The molecule has 0 saturated heterocycles. The zero-order valence-corrected chi connectivity index (χ0v) is 14.9. The van der Waals surface area contributed by atoms with Crippen LogP contribution in [0, 0.1) is 0 Å². The van der Waals surface area contributed by atoms with E-state index in [4.69, 9.17) is 4.74 Å². The third-order valence-corrected chi connectivity index (χ3v) is 3.60. The van der Waals surface area contributed by atoms with Crippen molar-refractivity contribution in [2.75, 3.05) is 13.2 Å². The van der Waals surface area contributed by atoms with Gasteiger partial charge in [0, 0.05) is 12.6 Å². The number of benzene rings is 2. The lowest BCUT2D eigenvalue weighted by Gasteiger charge is -2.06. The molecular weight excluding hydrogens is 310 g/mol. The molecule has 0 radical (unpaired) electrons. The maximum absolute atomic E-state index is 11.8. The maximum Gasteiger partial charge on any atom is 0.244 e. The molecule has 2 aromatic rings. The molecule has 25 heavy (non-hydrogen) atoms. The maximum atomic E-state index is 11.8. The van der Waals surface area contributed by atoms with Crippen LogP contribution < -0.4 is 10.1 Å². The second-order valence-corrected chi connectivity index (χ2v) is 6.02. The van der Waals surface area contributed by atoms with Crippen LogP contribution in [-0.2, 0) is 11.2 Å². The Hall–Kier alpha value is -2.81. The summed E-state index contributed by atoms with van der Waals surface area (Å²) in [6.07, 6.45) is 6.22. The Labute approximate surface area is 150 Å². The highest BCUT2D eigenvalue weighted by molar-refractivity contribution is 5.91. The summed E-state index contributed by atoms with van der Waals surface area (Å²) in [6.45, 7) is 5.30. The van der Waals surface area contributed by atoms with Crippen molar-refractivity contribution in [3.05, 3.63) is 83.4 Å². The van der Waals surface area contributed by atoms with Gasteiger partial charge in [-0.2, -0.15) is 0 Å². The number of carbonyl (C=O) groups is 1. The Balaban J connectivity index is 1.71. The SMILES string of the molecule is CC(C)=CCOc1ccc(CCNC(=O)/C=C\c2ccccc2)cc1. The average Bonchev–Trinajstić information content (AvgIpc) is 2.62. The van der Waals surface area contributed by atoms with E-state index < -0.39 is 0 Å². The van der Waals surface area contributed by atoms with Crippen molar-refractivity contribution in [2.45, 2.75) is 20.3 Å². The molecule has 0 aliphatic rings. The lowest BCUT2D eigenvalue weighted by molar-refractivity contribution is -0.116.